The largest absolute Gasteiger partial charge is 0.693 e. The van der Waals surface area contributed by atoms with Crippen molar-refractivity contribution in [3.8, 4) is 0 Å². The van der Waals surface area contributed by atoms with Crippen molar-refractivity contribution in [2.45, 2.75) is 20.8 Å². The fourth-order valence-corrected chi connectivity index (χ4v) is 0.509. The van der Waals surface area contributed by atoms with E-state index in [1.165, 1.54) is 6.92 Å². The zero-order valence-electron chi connectivity index (χ0n) is 9.65. The summed E-state index contributed by atoms with van der Waals surface area (Å²) in [5.41, 5.74) is 0.546. The Morgan fingerprint density at radius 1 is 1.20 bits per heavy atom. The third-order valence-electron chi connectivity index (χ3n) is 0.914. The summed E-state index contributed by atoms with van der Waals surface area (Å²) in [7, 11) is 0. The number of hydrogen-bond donors (Lipinski definition) is 0. The second-order valence-corrected chi connectivity index (χ2v) is 1.58. The standard InChI is InChI=1S/C6H7NO.C2H6.CH3.Ir.3H2N/c1-5(8)6-3-2-4-7-6;1-2;;;;;/h2-4H,1H3,(H,7,8);1-2H3;1H3;;3*1H2/q;;-1;;3*-1/p-1. The number of hydrogen-bond acceptors (Lipinski definition) is 1. The Bertz CT molecular complexity index is 190. The maximum atomic E-state index is 10.4. The van der Waals surface area contributed by atoms with E-state index in [1.54, 1.807) is 18.3 Å². The molecule has 0 aliphatic heterocycles. The molecule has 0 aliphatic carbocycles. The minimum Gasteiger partial charge on any atom is -0.693 e. The van der Waals surface area contributed by atoms with Crippen molar-refractivity contribution >= 4 is 5.78 Å². The molecule has 1 aromatic heterocycles. The number of nitrogens with two attached hydrogens (primary N) is 3. The zero-order valence-corrected chi connectivity index (χ0v) is 12.0. The van der Waals surface area contributed by atoms with Crippen LogP contribution in [0.15, 0.2) is 18.3 Å². The Hall–Kier alpha value is -0.521. The first-order valence-electron chi connectivity index (χ1n) is 3.39. The number of carbonyl (C=O) groups is 1. The average molecular weight is 394 g/mol. The third kappa shape index (κ3) is 16.2. The summed E-state index contributed by atoms with van der Waals surface area (Å²) in [6, 6.07) is 3.44. The van der Waals surface area contributed by atoms with Gasteiger partial charge in [0.25, 0.3) is 0 Å². The molecule has 0 saturated heterocycles. The van der Waals surface area contributed by atoms with Crippen LogP contribution < -0.4 is 4.98 Å². The van der Waals surface area contributed by atoms with Gasteiger partial charge >= 0.3 is 0 Å². The van der Waals surface area contributed by atoms with Gasteiger partial charge in [0, 0.05) is 20.1 Å². The van der Waals surface area contributed by atoms with E-state index in [-0.39, 0.29) is 51.8 Å². The van der Waals surface area contributed by atoms with Crippen molar-refractivity contribution in [1.29, 1.82) is 0 Å². The number of carbonyl (C=O) groups excluding carboxylic acids is 1. The summed E-state index contributed by atoms with van der Waals surface area (Å²) in [6.07, 6.45) is 1.61. The molecule has 6 heteroatoms. The Labute approximate surface area is 107 Å². The van der Waals surface area contributed by atoms with E-state index < -0.39 is 0 Å². The number of ketones is 1. The predicted octanol–water partition coefficient (Wildman–Crippen LogP) is 4.47. The second-order valence-electron chi connectivity index (χ2n) is 1.58. The van der Waals surface area contributed by atoms with Crippen molar-refractivity contribution in [2.75, 3.05) is 0 Å². The monoisotopic (exact) mass is 394 g/mol. The summed E-state index contributed by atoms with van der Waals surface area (Å²) >= 11 is 0. The minimum absolute atomic E-state index is 0. The van der Waals surface area contributed by atoms with Crippen LogP contribution in [0.25, 0.3) is 18.5 Å². The van der Waals surface area contributed by atoms with E-state index in [0.717, 1.165) is 0 Å². The maximum Gasteiger partial charge on any atom is 0.138 e. The van der Waals surface area contributed by atoms with Gasteiger partial charge in [0.15, 0.2) is 0 Å². The molecule has 1 radical (unpaired) electrons. The van der Waals surface area contributed by atoms with Crippen LogP contribution in [-0.2, 0) is 20.1 Å². The van der Waals surface area contributed by atoms with Gasteiger partial charge in [-0.25, -0.2) is 0 Å². The van der Waals surface area contributed by atoms with Gasteiger partial charge in [0.05, 0.1) is 0 Å². The Morgan fingerprint density at radius 2 is 1.60 bits per heavy atom. The first kappa shape index (κ1) is 36.6. The first-order valence-corrected chi connectivity index (χ1v) is 3.39. The minimum atomic E-state index is 0. The van der Waals surface area contributed by atoms with Crippen LogP contribution in [0.1, 0.15) is 31.3 Å². The topological polar surface area (TPSA) is 132 Å². The molecule has 15 heavy (non-hydrogen) atoms. The van der Waals surface area contributed by atoms with Crippen LogP contribution in [-0.4, -0.2) is 5.78 Å². The fourth-order valence-electron chi connectivity index (χ4n) is 0.509. The Morgan fingerprint density at radius 3 is 1.73 bits per heavy atom. The molecule has 0 aromatic carbocycles. The first-order chi connectivity index (χ1) is 4.80. The molecule has 0 saturated carbocycles. The molecule has 0 bridgehead atoms. The quantitative estimate of drug-likeness (QED) is 0.514. The van der Waals surface area contributed by atoms with Crippen LogP contribution in [0.3, 0.4) is 0 Å². The van der Waals surface area contributed by atoms with Crippen LogP contribution >= 0.6 is 0 Å². The Balaban J connectivity index is -0.0000000274. The molecule has 0 atom stereocenters. The molecular formula is C9H21IrN4O-5. The molecule has 97 valence electrons. The van der Waals surface area contributed by atoms with E-state index in [2.05, 4.69) is 4.98 Å². The normalized spacial score (nSPS) is 5.27. The molecule has 5 nitrogen and oxygen atoms in total. The summed E-state index contributed by atoms with van der Waals surface area (Å²) in [5, 5.41) is 0. The number of nitrogens with zero attached hydrogens (tertiary/aromatic N) is 1. The van der Waals surface area contributed by atoms with Gasteiger partial charge in [-0.1, -0.05) is 31.7 Å². The number of rotatable bonds is 1. The van der Waals surface area contributed by atoms with Gasteiger partial charge in [-0.15, -0.1) is 0 Å². The molecule has 1 aromatic rings. The van der Waals surface area contributed by atoms with E-state index in [4.69, 9.17) is 0 Å². The van der Waals surface area contributed by atoms with Crippen LogP contribution in [0, 0.1) is 7.43 Å². The van der Waals surface area contributed by atoms with Crippen LogP contribution in [0.2, 0.25) is 0 Å². The van der Waals surface area contributed by atoms with Crippen LogP contribution in [0.5, 0.6) is 0 Å². The molecule has 0 aliphatic rings. The van der Waals surface area contributed by atoms with Crippen molar-refractivity contribution < 1.29 is 24.9 Å². The Kier molecular flexibility index (Phi) is 57.0. The molecular weight excluding hydrogens is 372 g/mol. The molecule has 0 amide bonds. The van der Waals surface area contributed by atoms with Crippen molar-refractivity contribution in [3.63, 3.8) is 0 Å². The fraction of sp³-hybridized carbons (Fsp3) is 0.333. The zero-order chi connectivity index (χ0) is 7.98. The smallest absolute Gasteiger partial charge is 0.138 e. The summed E-state index contributed by atoms with van der Waals surface area (Å²) in [4.78, 5) is 14.2. The molecule has 0 spiro atoms. The third-order valence-corrected chi connectivity index (χ3v) is 0.914. The summed E-state index contributed by atoms with van der Waals surface area (Å²) in [6.45, 7) is 5.50. The second kappa shape index (κ2) is 23.4. The number of aromatic nitrogens is 1. The summed E-state index contributed by atoms with van der Waals surface area (Å²) in [5.74, 6) is 0.0231. The SMILES string of the molecule is CC.CC(=O)c1ccc[n-]1.[CH3-].[Ir].[NH2-].[NH2-].[NH2-]. The molecule has 6 N–H and O–H groups in total. The van der Waals surface area contributed by atoms with Gasteiger partial charge in [0.1, 0.15) is 5.78 Å². The summed E-state index contributed by atoms with van der Waals surface area (Å²) < 4.78 is 0. The van der Waals surface area contributed by atoms with Gasteiger partial charge < -0.3 is 30.9 Å². The van der Waals surface area contributed by atoms with Crippen molar-refractivity contribution in [1.82, 2.24) is 4.98 Å². The van der Waals surface area contributed by atoms with E-state index in [1.807, 2.05) is 13.8 Å². The van der Waals surface area contributed by atoms with Crippen LogP contribution in [0.4, 0.5) is 0 Å². The van der Waals surface area contributed by atoms with E-state index >= 15 is 0 Å². The van der Waals surface area contributed by atoms with E-state index in [0.29, 0.717) is 5.69 Å². The maximum absolute atomic E-state index is 10.4. The molecule has 0 unspecified atom stereocenters. The number of Topliss-reactive ketones (excluding diaryl/α,β-unsaturated/α-hetero) is 1. The van der Waals surface area contributed by atoms with Gasteiger partial charge in [0.2, 0.25) is 0 Å². The molecule has 1 heterocycles. The van der Waals surface area contributed by atoms with E-state index in [9.17, 15) is 4.79 Å². The molecule has 0 fully saturated rings. The van der Waals surface area contributed by atoms with Crippen molar-refractivity contribution in [3.05, 3.63) is 49.9 Å². The van der Waals surface area contributed by atoms with Crippen molar-refractivity contribution in [2.24, 2.45) is 0 Å². The van der Waals surface area contributed by atoms with Gasteiger partial charge in [-0.2, -0.15) is 6.20 Å². The average Bonchev–Trinajstić information content (AvgIpc) is 2.42. The van der Waals surface area contributed by atoms with Gasteiger partial charge in [-0.05, 0) is 6.92 Å². The predicted molar refractivity (Wildman–Crippen MR) is 63.4 cm³/mol. The molecule has 1 rings (SSSR count). The van der Waals surface area contributed by atoms with Gasteiger partial charge in [-0.3, -0.25) is 4.79 Å².